The highest BCUT2D eigenvalue weighted by Crippen LogP contribution is 2.16. The van der Waals surface area contributed by atoms with Gasteiger partial charge in [0, 0.05) is 12.7 Å². The summed E-state index contributed by atoms with van der Waals surface area (Å²) >= 11 is 0. The van der Waals surface area contributed by atoms with Gasteiger partial charge < -0.3 is 15.4 Å². The van der Waals surface area contributed by atoms with Gasteiger partial charge in [-0.1, -0.05) is 30.3 Å². The lowest BCUT2D eigenvalue weighted by atomic mass is 10.1. The number of carbonyl (C=O) groups is 2. The van der Waals surface area contributed by atoms with E-state index >= 15 is 0 Å². The van der Waals surface area contributed by atoms with Crippen LogP contribution in [0.15, 0.2) is 36.5 Å². The van der Waals surface area contributed by atoms with E-state index in [1.807, 2.05) is 30.3 Å². The molecule has 2 amide bonds. The summed E-state index contributed by atoms with van der Waals surface area (Å²) in [5.41, 5.74) is 7.83. The van der Waals surface area contributed by atoms with Gasteiger partial charge in [-0.3, -0.25) is 9.59 Å². The number of hydrogen-bond donors (Lipinski definition) is 1. The van der Waals surface area contributed by atoms with E-state index in [-0.39, 0.29) is 18.3 Å². The van der Waals surface area contributed by atoms with E-state index in [0.717, 1.165) is 11.1 Å². The van der Waals surface area contributed by atoms with Crippen LogP contribution < -0.4 is 5.73 Å². The Kier molecular flexibility index (Phi) is 4.81. The molecule has 3 rings (SSSR count). The van der Waals surface area contributed by atoms with E-state index in [1.165, 1.54) is 0 Å². The van der Waals surface area contributed by atoms with Crippen molar-refractivity contribution < 1.29 is 14.3 Å². The molecule has 0 aliphatic carbocycles. The van der Waals surface area contributed by atoms with E-state index < -0.39 is 5.91 Å². The molecule has 0 spiro atoms. The third-order valence-corrected chi connectivity index (χ3v) is 3.86. The Balaban J connectivity index is 1.57. The molecule has 0 unspecified atom stereocenters. The minimum atomic E-state index is -0.674. The molecule has 7 nitrogen and oxygen atoms in total. The maximum Gasteiger partial charge on any atom is 0.286 e. The Morgan fingerprint density at radius 2 is 2.04 bits per heavy atom. The van der Waals surface area contributed by atoms with E-state index in [0.29, 0.717) is 31.8 Å². The molecule has 124 valence electrons. The fourth-order valence-electron chi connectivity index (χ4n) is 2.56. The van der Waals surface area contributed by atoms with Gasteiger partial charge in [0.05, 0.1) is 18.8 Å². The number of nitrogens with zero attached hydrogens (tertiary/aromatic N) is 3. The Labute approximate surface area is 139 Å². The van der Waals surface area contributed by atoms with Crippen LogP contribution in [0, 0.1) is 0 Å². The Morgan fingerprint density at radius 3 is 2.79 bits per heavy atom. The lowest BCUT2D eigenvalue weighted by Gasteiger charge is -2.28. The fourth-order valence-corrected chi connectivity index (χ4v) is 2.56. The molecule has 2 N–H and O–H groups in total. The minimum absolute atomic E-state index is 0.0119. The van der Waals surface area contributed by atoms with Gasteiger partial charge in [-0.25, -0.2) is 9.97 Å². The first-order chi connectivity index (χ1) is 11.6. The van der Waals surface area contributed by atoms with Crippen molar-refractivity contribution in [1.29, 1.82) is 0 Å². The summed E-state index contributed by atoms with van der Waals surface area (Å²) in [6, 6.07) is 9.69. The van der Waals surface area contributed by atoms with Gasteiger partial charge in [-0.15, -0.1) is 0 Å². The predicted molar refractivity (Wildman–Crippen MR) is 85.8 cm³/mol. The van der Waals surface area contributed by atoms with Crippen LogP contribution in [-0.4, -0.2) is 39.8 Å². The molecule has 0 saturated carbocycles. The van der Waals surface area contributed by atoms with Crippen molar-refractivity contribution in [3.05, 3.63) is 59.2 Å². The maximum atomic E-state index is 12.3. The standard InChI is InChI=1S/C17H18N4O3/c18-16(23)17-19-8-13-6-7-21(9-14(13)20-17)15(22)11-24-10-12-4-2-1-3-5-12/h1-5,8H,6-7,9-11H2,(H2,18,23). The summed E-state index contributed by atoms with van der Waals surface area (Å²) in [6.07, 6.45) is 2.26. The van der Waals surface area contributed by atoms with Crippen molar-refractivity contribution in [2.45, 2.75) is 19.6 Å². The third-order valence-electron chi connectivity index (χ3n) is 3.86. The van der Waals surface area contributed by atoms with Gasteiger partial charge >= 0.3 is 0 Å². The van der Waals surface area contributed by atoms with Crippen molar-refractivity contribution in [2.75, 3.05) is 13.2 Å². The highest BCUT2D eigenvalue weighted by atomic mass is 16.5. The highest BCUT2D eigenvalue weighted by Gasteiger charge is 2.23. The summed E-state index contributed by atoms with van der Waals surface area (Å²) in [5.74, 6) is -0.799. The number of hydrogen-bond acceptors (Lipinski definition) is 5. The molecule has 0 radical (unpaired) electrons. The number of carbonyl (C=O) groups excluding carboxylic acids is 2. The summed E-state index contributed by atoms with van der Waals surface area (Å²) in [4.78, 5) is 33.2. The summed E-state index contributed by atoms with van der Waals surface area (Å²) in [6.45, 7) is 1.33. The van der Waals surface area contributed by atoms with Gasteiger partial charge in [-0.2, -0.15) is 0 Å². The average molecular weight is 326 g/mol. The SMILES string of the molecule is NC(=O)c1ncc2c(n1)CN(C(=O)COCc1ccccc1)CC2. The molecular formula is C17H18N4O3. The van der Waals surface area contributed by atoms with Gasteiger partial charge in [0.15, 0.2) is 0 Å². The lowest BCUT2D eigenvalue weighted by Crippen LogP contribution is -2.39. The maximum absolute atomic E-state index is 12.3. The van der Waals surface area contributed by atoms with Gasteiger partial charge in [-0.05, 0) is 17.5 Å². The molecule has 7 heteroatoms. The molecule has 1 aliphatic rings. The number of nitrogens with two attached hydrogens (primary N) is 1. The first kappa shape index (κ1) is 16.1. The number of amides is 2. The second-order valence-electron chi connectivity index (χ2n) is 5.57. The van der Waals surface area contributed by atoms with Crippen LogP contribution in [0.2, 0.25) is 0 Å². The normalized spacial score (nSPS) is 13.4. The molecule has 1 aliphatic heterocycles. The smallest absolute Gasteiger partial charge is 0.286 e. The largest absolute Gasteiger partial charge is 0.367 e. The predicted octanol–water partition coefficient (Wildman–Crippen LogP) is 0.677. The number of ether oxygens (including phenoxy) is 1. The number of aromatic nitrogens is 2. The molecule has 0 saturated heterocycles. The second kappa shape index (κ2) is 7.18. The monoisotopic (exact) mass is 326 g/mol. The van der Waals surface area contributed by atoms with Crippen molar-refractivity contribution in [3.63, 3.8) is 0 Å². The van der Waals surface area contributed by atoms with Crippen LogP contribution in [0.25, 0.3) is 0 Å². The quantitative estimate of drug-likeness (QED) is 0.871. The van der Waals surface area contributed by atoms with Crippen LogP contribution in [0.5, 0.6) is 0 Å². The fraction of sp³-hybridized carbons (Fsp3) is 0.294. The van der Waals surface area contributed by atoms with Crippen molar-refractivity contribution in [1.82, 2.24) is 14.9 Å². The van der Waals surface area contributed by atoms with Crippen LogP contribution in [0.1, 0.15) is 27.4 Å². The van der Waals surface area contributed by atoms with Crippen LogP contribution in [0.3, 0.4) is 0 Å². The third kappa shape index (κ3) is 3.75. The highest BCUT2D eigenvalue weighted by molar-refractivity contribution is 5.88. The van der Waals surface area contributed by atoms with Gasteiger partial charge in [0.2, 0.25) is 11.7 Å². The molecule has 0 fully saturated rings. The van der Waals surface area contributed by atoms with Crippen LogP contribution in [0.4, 0.5) is 0 Å². The van der Waals surface area contributed by atoms with Gasteiger partial charge in [0.1, 0.15) is 6.61 Å². The average Bonchev–Trinajstić information content (AvgIpc) is 2.61. The topological polar surface area (TPSA) is 98.4 Å². The number of primary amides is 1. The molecular weight excluding hydrogens is 308 g/mol. The lowest BCUT2D eigenvalue weighted by molar-refractivity contribution is -0.137. The van der Waals surface area contributed by atoms with Crippen LogP contribution >= 0.6 is 0 Å². The molecule has 0 atom stereocenters. The van der Waals surface area contributed by atoms with Crippen molar-refractivity contribution >= 4 is 11.8 Å². The summed E-state index contributed by atoms with van der Waals surface area (Å²) in [5, 5.41) is 0. The van der Waals surface area contributed by atoms with E-state index in [9.17, 15) is 9.59 Å². The Hall–Kier alpha value is -2.80. The molecule has 24 heavy (non-hydrogen) atoms. The number of benzene rings is 1. The molecule has 1 aromatic carbocycles. The summed E-state index contributed by atoms with van der Waals surface area (Å²) in [7, 11) is 0. The first-order valence-corrected chi connectivity index (χ1v) is 7.67. The first-order valence-electron chi connectivity index (χ1n) is 7.67. The van der Waals surface area contributed by atoms with Crippen molar-refractivity contribution in [3.8, 4) is 0 Å². The molecule has 2 aromatic rings. The molecule has 1 aromatic heterocycles. The van der Waals surface area contributed by atoms with Crippen molar-refractivity contribution in [2.24, 2.45) is 5.73 Å². The van der Waals surface area contributed by atoms with Gasteiger partial charge in [0.25, 0.3) is 5.91 Å². The zero-order valence-electron chi connectivity index (χ0n) is 13.1. The van der Waals surface area contributed by atoms with E-state index in [2.05, 4.69) is 9.97 Å². The zero-order valence-corrected chi connectivity index (χ0v) is 13.1. The molecule has 0 bridgehead atoms. The van der Waals surface area contributed by atoms with Crippen LogP contribution in [-0.2, 0) is 29.1 Å². The van der Waals surface area contributed by atoms with E-state index in [1.54, 1.807) is 11.1 Å². The zero-order chi connectivity index (χ0) is 16.9. The number of fused-ring (bicyclic) bond motifs is 1. The minimum Gasteiger partial charge on any atom is -0.367 e. The number of rotatable bonds is 5. The Bertz CT molecular complexity index is 749. The summed E-state index contributed by atoms with van der Waals surface area (Å²) < 4.78 is 5.49. The second-order valence-corrected chi connectivity index (χ2v) is 5.57. The van der Waals surface area contributed by atoms with E-state index in [4.69, 9.17) is 10.5 Å². The Morgan fingerprint density at radius 1 is 1.25 bits per heavy atom. The molecule has 2 heterocycles.